The number of piperazine rings is 1. The van der Waals surface area contributed by atoms with Crippen LogP contribution in [-0.2, 0) is 47.8 Å². The number of carbonyl (C=O) groups excluding carboxylic acids is 4. The number of rotatable bonds is 21. The van der Waals surface area contributed by atoms with Crippen LogP contribution in [-0.4, -0.2) is 144 Å². The van der Waals surface area contributed by atoms with Crippen LogP contribution in [0.25, 0.3) is 0 Å². The Bertz CT molecular complexity index is 2510. The number of hydrogen-bond donors (Lipinski definition) is 2. The standard InChI is InChI=1S/C49H60ClN7O8S/c1-33(2)66(4,62)43-13-6-5-9-36(43)29-40-39(50)32-53-44(54-40)30-35-14-16-37(31-42(35)63-3)56-22-20-55(21-23-56)24-26-65-28-27-64-25-19-51-45(58)17-15-34-10-7-11-38-46(34)49(61)57(48(38)60)41-12-8-18-52-47(41)59/h5-7,9-11,13-14,16,31-33,41H,4,8,12,15,17-30H2,1-3H3,(H,51,58)(H,52,59). The lowest BCUT2D eigenvalue weighted by Gasteiger charge is -2.36. The molecule has 3 aliphatic heterocycles. The molecule has 2 saturated heterocycles. The predicted molar refractivity (Wildman–Crippen MR) is 255 cm³/mol. The zero-order valence-corrected chi connectivity index (χ0v) is 39.6. The molecule has 3 aliphatic rings. The molecule has 0 bridgehead atoms. The number of methoxy groups -OCH3 is 1. The van der Waals surface area contributed by atoms with Crippen molar-refractivity contribution in [3.63, 3.8) is 0 Å². The first-order chi connectivity index (χ1) is 31.8. The van der Waals surface area contributed by atoms with Crippen LogP contribution in [0.3, 0.4) is 0 Å². The van der Waals surface area contributed by atoms with Crippen molar-refractivity contribution in [1.82, 2.24) is 30.4 Å². The van der Waals surface area contributed by atoms with Crippen molar-refractivity contribution in [2.75, 3.05) is 84.3 Å². The Morgan fingerprint density at radius 2 is 1.70 bits per heavy atom. The molecular weight excluding hydrogens is 882 g/mol. The normalized spacial score (nSPS) is 17.5. The van der Waals surface area contributed by atoms with Gasteiger partial charge in [-0.3, -0.25) is 33.2 Å². The number of fused-ring (bicyclic) bond motifs is 1. The molecule has 2 atom stereocenters. The fourth-order valence-corrected chi connectivity index (χ4v) is 10.1. The third-order valence-electron chi connectivity index (χ3n) is 12.4. The second-order valence-corrected chi connectivity index (χ2v) is 20.2. The largest absolute Gasteiger partial charge is 0.496 e. The Kier molecular flexibility index (Phi) is 16.5. The molecule has 1 aromatic heterocycles. The number of piperidine rings is 1. The maximum Gasteiger partial charge on any atom is 0.262 e. The second-order valence-electron chi connectivity index (χ2n) is 17.0. The molecule has 2 unspecified atom stereocenters. The van der Waals surface area contributed by atoms with Gasteiger partial charge in [-0.15, -0.1) is 0 Å². The average Bonchev–Trinajstić information content (AvgIpc) is 3.57. The van der Waals surface area contributed by atoms with Crippen molar-refractivity contribution < 1.29 is 37.6 Å². The fraction of sp³-hybridized carbons (Fsp3) is 0.449. The lowest BCUT2D eigenvalue weighted by molar-refractivity contribution is -0.126. The van der Waals surface area contributed by atoms with E-state index in [9.17, 15) is 23.4 Å². The summed E-state index contributed by atoms with van der Waals surface area (Å²) in [6, 6.07) is 18.1. The zero-order chi connectivity index (χ0) is 46.8. The molecule has 0 saturated carbocycles. The molecule has 4 aromatic rings. The maximum absolute atomic E-state index is 13.5. The van der Waals surface area contributed by atoms with E-state index in [1.165, 1.54) is 0 Å². The molecule has 0 aliphatic carbocycles. The Morgan fingerprint density at radius 1 is 0.939 bits per heavy atom. The van der Waals surface area contributed by atoms with Crippen LogP contribution in [0.1, 0.15) is 82.0 Å². The highest BCUT2D eigenvalue weighted by Crippen LogP contribution is 2.32. The number of benzene rings is 3. The third-order valence-corrected chi connectivity index (χ3v) is 15.4. The highest BCUT2D eigenvalue weighted by atomic mass is 35.5. The number of ether oxygens (including phenoxy) is 3. The van der Waals surface area contributed by atoms with E-state index in [0.717, 1.165) is 65.1 Å². The highest BCUT2D eigenvalue weighted by molar-refractivity contribution is 8.00. The molecule has 2 N–H and O–H groups in total. The quantitative estimate of drug-likeness (QED) is 0.0678. The van der Waals surface area contributed by atoms with Crippen molar-refractivity contribution in [2.24, 2.45) is 0 Å². The molecule has 17 heteroatoms. The summed E-state index contributed by atoms with van der Waals surface area (Å²) in [5.41, 5.74) is 4.78. The first kappa shape index (κ1) is 48.5. The molecule has 66 heavy (non-hydrogen) atoms. The van der Waals surface area contributed by atoms with E-state index in [0.29, 0.717) is 87.3 Å². The van der Waals surface area contributed by atoms with Crippen LogP contribution in [0, 0.1) is 0 Å². The van der Waals surface area contributed by atoms with Crippen LogP contribution in [0.2, 0.25) is 5.02 Å². The first-order valence-electron chi connectivity index (χ1n) is 22.6. The van der Waals surface area contributed by atoms with Gasteiger partial charge in [-0.05, 0) is 64.0 Å². The van der Waals surface area contributed by atoms with Crippen molar-refractivity contribution in [1.29, 1.82) is 0 Å². The fourth-order valence-electron chi connectivity index (χ4n) is 8.53. The van der Waals surface area contributed by atoms with Gasteiger partial charge in [0, 0.05) is 98.7 Å². The van der Waals surface area contributed by atoms with E-state index in [4.69, 9.17) is 30.8 Å². The zero-order valence-electron chi connectivity index (χ0n) is 38.0. The molecule has 352 valence electrons. The Morgan fingerprint density at radius 3 is 2.45 bits per heavy atom. The van der Waals surface area contributed by atoms with E-state index in [1.54, 1.807) is 31.5 Å². The summed E-state index contributed by atoms with van der Waals surface area (Å²) in [6.45, 7) is 10.8. The topological polar surface area (TPSA) is 173 Å². The Labute approximate surface area is 392 Å². The van der Waals surface area contributed by atoms with E-state index >= 15 is 0 Å². The summed E-state index contributed by atoms with van der Waals surface area (Å²) in [7, 11) is -0.823. The number of nitrogens with zero attached hydrogens (tertiary/aromatic N) is 5. The number of anilines is 1. The van der Waals surface area contributed by atoms with Crippen molar-refractivity contribution >= 4 is 56.3 Å². The molecule has 15 nitrogen and oxygen atoms in total. The number of amides is 4. The summed E-state index contributed by atoms with van der Waals surface area (Å²) in [6.07, 6.45) is 4.06. The van der Waals surface area contributed by atoms with E-state index in [1.807, 2.05) is 38.1 Å². The second kappa shape index (κ2) is 22.4. The third kappa shape index (κ3) is 11.6. The molecule has 7 rings (SSSR count). The summed E-state index contributed by atoms with van der Waals surface area (Å²) in [4.78, 5) is 67.4. The lowest BCUT2D eigenvalue weighted by atomic mass is 9.99. The van der Waals surface area contributed by atoms with Crippen LogP contribution >= 0.6 is 11.6 Å². The van der Waals surface area contributed by atoms with E-state index in [-0.39, 0.29) is 41.0 Å². The molecule has 0 spiro atoms. The number of nitrogens with one attached hydrogen (secondary N) is 2. The van der Waals surface area contributed by atoms with Crippen LogP contribution in [0.4, 0.5) is 5.69 Å². The van der Waals surface area contributed by atoms with Crippen LogP contribution in [0.5, 0.6) is 5.75 Å². The highest BCUT2D eigenvalue weighted by Gasteiger charge is 2.44. The molecule has 0 radical (unpaired) electrons. The van der Waals surface area contributed by atoms with Crippen molar-refractivity contribution in [3.05, 3.63) is 111 Å². The average molecular weight is 943 g/mol. The van der Waals surface area contributed by atoms with Gasteiger partial charge in [0.05, 0.1) is 55.4 Å². The van der Waals surface area contributed by atoms with Crippen molar-refractivity contribution in [3.8, 4) is 5.75 Å². The van der Waals surface area contributed by atoms with Crippen LogP contribution < -0.4 is 20.3 Å². The van der Waals surface area contributed by atoms with Crippen molar-refractivity contribution in [2.45, 2.75) is 68.6 Å². The first-order valence-corrected chi connectivity index (χ1v) is 24.8. The van der Waals surface area contributed by atoms with Gasteiger partial charge < -0.3 is 29.7 Å². The summed E-state index contributed by atoms with van der Waals surface area (Å²) >= 11 is 6.59. The summed E-state index contributed by atoms with van der Waals surface area (Å²) < 4.78 is 30.8. The van der Waals surface area contributed by atoms with E-state index < -0.39 is 27.4 Å². The smallest absolute Gasteiger partial charge is 0.262 e. The summed E-state index contributed by atoms with van der Waals surface area (Å²) in [5.74, 6) is 4.00. The number of aryl methyl sites for hydroxylation is 1. The number of halogens is 1. The summed E-state index contributed by atoms with van der Waals surface area (Å²) in [5, 5.41) is 5.93. The van der Waals surface area contributed by atoms with Gasteiger partial charge in [-0.25, -0.2) is 9.97 Å². The molecule has 4 amide bonds. The van der Waals surface area contributed by atoms with Gasteiger partial charge in [-0.2, -0.15) is 0 Å². The molecule has 4 heterocycles. The molecule has 3 aromatic carbocycles. The maximum atomic E-state index is 13.5. The minimum absolute atomic E-state index is 0.113. The number of carbonyl (C=O) groups is 4. The lowest BCUT2D eigenvalue weighted by Crippen LogP contribution is -2.52. The minimum atomic E-state index is -2.49. The number of aromatic nitrogens is 2. The van der Waals surface area contributed by atoms with E-state index in [2.05, 4.69) is 49.5 Å². The van der Waals surface area contributed by atoms with Gasteiger partial charge >= 0.3 is 0 Å². The predicted octanol–water partition coefficient (Wildman–Crippen LogP) is 4.58. The van der Waals surface area contributed by atoms with Crippen LogP contribution in [0.15, 0.2) is 71.8 Å². The number of hydrogen-bond acceptors (Lipinski definition) is 12. The Balaban J connectivity index is 0.775. The van der Waals surface area contributed by atoms with Gasteiger partial charge in [-0.1, -0.05) is 61.8 Å². The van der Waals surface area contributed by atoms with Gasteiger partial charge in [0.15, 0.2) is 0 Å². The molecular formula is C49H60ClN7O8S. The van der Waals surface area contributed by atoms with Gasteiger partial charge in [0.25, 0.3) is 11.8 Å². The van der Waals surface area contributed by atoms with Gasteiger partial charge in [0.2, 0.25) is 11.8 Å². The monoisotopic (exact) mass is 941 g/mol. The van der Waals surface area contributed by atoms with Gasteiger partial charge in [0.1, 0.15) is 17.6 Å². The minimum Gasteiger partial charge on any atom is -0.496 e. The Hall–Kier alpha value is -5.39. The molecule has 2 fully saturated rings. The SMILES string of the molecule is C=S(=O)(c1ccccc1Cc1nc(Cc2ccc(N3CCN(CCOCCOCCNC(=O)CCc4cccc5c4C(=O)N(C4CCCNC4=O)C5=O)CC3)cc2OC)ncc1Cl)C(C)C. The number of imide groups is 1.